The second kappa shape index (κ2) is 4.12. The van der Waals surface area contributed by atoms with Crippen LogP contribution in [0.1, 0.15) is 39.0 Å². The highest BCUT2D eigenvalue weighted by molar-refractivity contribution is 5.75. The van der Waals surface area contributed by atoms with E-state index in [4.69, 9.17) is 4.74 Å². The van der Waals surface area contributed by atoms with Crippen molar-refractivity contribution in [1.29, 1.82) is 0 Å². The highest BCUT2D eigenvalue weighted by atomic mass is 16.5. The molecule has 3 heteroatoms. The van der Waals surface area contributed by atoms with Gasteiger partial charge in [0.15, 0.2) is 0 Å². The van der Waals surface area contributed by atoms with Crippen LogP contribution in [0, 0.1) is 17.3 Å². The lowest BCUT2D eigenvalue weighted by molar-refractivity contribution is -0.156. The maximum absolute atomic E-state index is 11.5. The largest absolute Gasteiger partial charge is 0.481 e. The molecule has 3 atom stereocenters. The summed E-state index contributed by atoms with van der Waals surface area (Å²) in [6, 6.07) is 0. The molecule has 0 radical (unpaired) electrons. The van der Waals surface area contributed by atoms with Crippen molar-refractivity contribution in [2.45, 2.75) is 39.0 Å². The van der Waals surface area contributed by atoms with Gasteiger partial charge in [-0.05, 0) is 43.9 Å². The van der Waals surface area contributed by atoms with Crippen molar-refractivity contribution < 1.29 is 14.6 Å². The third-order valence-electron chi connectivity index (χ3n) is 4.16. The van der Waals surface area contributed by atoms with Crippen LogP contribution in [0.25, 0.3) is 0 Å². The number of carboxylic acids is 1. The Hall–Kier alpha value is -0.570. The third kappa shape index (κ3) is 1.89. The molecular weight excluding hydrogens is 192 g/mol. The van der Waals surface area contributed by atoms with Gasteiger partial charge in [0.2, 0.25) is 0 Å². The zero-order chi connectivity index (χ0) is 10.9. The van der Waals surface area contributed by atoms with Crippen LogP contribution in [0.15, 0.2) is 0 Å². The molecule has 0 aromatic rings. The summed E-state index contributed by atoms with van der Waals surface area (Å²) < 4.78 is 5.44. The number of carbonyl (C=O) groups is 1. The Balaban J connectivity index is 2.14. The summed E-state index contributed by atoms with van der Waals surface area (Å²) in [6.45, 7) is 3.62. The van der Waals surface area contributed by atoms with Crippen molar-refractivity contribution in [3.63, 3.8) is 0 Å². The van der Waals surface area contributed by atoms with Crippen molar-refractivity contribution in [2.24, 2.45) is 17.3 Å². The van der Waals surface area contributed by atoms with Crippen molar-refractivity contribution in [2.75, 3.05) is 13.2 Å². The first kappa shape index (κ1) is 10.9. The maximum atomic E-state index is 11.5. The molecule has 86 valence electrons. The van der Waals surface area contributed by atoms with Gasteiger partial charge in [-0.25, -0.2) is 0 Å². The standard InChI is InChI=1S/C12H20O3/c1-9-4-5-12(7-9,11(13)14)10-3-2-6-15-8-10/h9-10H,2-8H2,1H3,(H,13,14). The van der Waals surface area contributed by atoms with E-state index in [0.29, 0.717) is 12.5 Å². The average Bonchev–Trinajstić information content (AvgIpc) is 2.63. The lowest BCUT2D eigenvalue weighted by Crippen LogP contribution is -2.40. The van der Waals surface area contributed by atoms with Crippen molar-refractivity contribution in [3.05, 3.63) is 0 Å². The normalized spacial score (nSPS) is 41.7. The predicted molar refractivity (Wildman–Crippen MR) is 56.6 cm³/mol. The molecule has 1 saturated carbocycles. The summed E-state index contributed by atoms with van der Waals surface area (Å²) in [5.74, 6) is 0.207. The second-order valence-electron chi connectivity index (χ2n) is 5.22. The van der Waals surface area contributed by atoms with E-state index < -0.39 is 11.4 Å². The number of carboxylic acid groups (broad SMARTS) is 1. The lowest BCUT2D eigenvalue weighted by atomic mass is 9.71. The zero-order valence-corrected chi connectivity index (χ0v) is 9.37. The molecule has 1 aliphatic heterocycles. The van der Waals surface area contributed by atoms with Crippen molar-refractivity contribution >= 4 is 5.97 Å². The van der Waals surface area contributed by atoms with Crippen molar-refractivity contribution in [1.82, 2.24) is 0 Å². The Kier molecular flexibility index (Phi) is 3.01. The monoisotopic (exact) mass is 212 g/mol. The Bertz CT molecular complexity index is 245. The first-order valence-corrected chi connectivity index (χ1v) is 5.96. The molecule has 0 aromatic carbocycles. The highest BCUT2D eigenvalue weighted by Gasteiger charge is 2.50. The van der Waals surface area contributed by atoms with Gasteiger partial charge in [-0.2, -0.15) is 0 Å². The number of aliphatic carboxylic acids is 1. The van der Waals surface area contributed by atoms with Crippen LogP contribution in [0.4, 0.5) is 0 Å². The number of hydrogen-bond donors (Lipinski definition) is 1. The quantitative estimate of drug-likeness (QED) is 0.764. The van der Waals surface area contributed by atoms with Crippen LogP contribution in [-0.4, -0.2) is 24.3 Å². The molecule has 0 amide bonds. The van der Waals surface area contributed by atoms with Gasteiger partial charge in [0, 0.05) is 6.61 Å². The molecule has 1 saturated heterocycles. The van der Waals surface area contributed by atoms with Gasteiger partial charge in [0.1, 0.15) is 0 Å². The van der Waals surface area contributed by atoms with E-state index in [1.165, 1.54) is 0 Å². The molecule has 15 heavy (non-hydrogen) atoms. The van der Waals surface area contributed by atoms with Crippen LogP contribution >= 0.6 is 0 Å². The van der Waals surface area contributed by atoms with E-state index in [1.807, 2.05) is 0 Å². The fraction of sp³-hybridized carbons (Fsp3) is 0.917. The minimum absolute atomic E-state index is 0.244. The minimum Gasteiger partial charge on any atom is -0.481 e. The number of hydrogen-bond acceptors (Lipinski definition) is 2. The van der Waals surface area contributed by atoms with E-state index in [0.717, 1.165) is 38.7 Å². The van der Waals surface area contributed by atoms with Gasteiger partial charge < -0.3 is 9.84 Å². The van der Waals surface area contributed by atoms with Gasteiger partial charge in [-0.15, -0.1) is 0 Å². The summed E-state index contributed by atoms with van der Waals surface area (Å²) in [6.07, 6.45) is 4.80. The predicted octanol–water partition coefficient (Wildman–Crippen LogP) is 2.30. The van der Waals surface area contributed by atoms with Crippen molar-refractivity contribution in [3.8, 4) is 0 Å². The fourth-order valence-corrected chi connectivity index (χ4v) is 3.25. The van der Waals surface area contributed by atoms with Crippen LogP contribution < -0.4 is 0 Å². The molecule has 1 heterocycles. The molecule has 0 aromatic heterocycles. The highest BCUT2D eigenvalue weighted by Crippen LogP contribution is 2.49. The smallest absolute Gasteiger partial charge is 0.310 e. The molecule has 3 unspecified atom stereocenters. The van der Waals surface area contributed by atoms with E-state index in [-0.39, 0.29) is 5.92 Å². The summed E-state index contributed by atoms with van der Waals surface area (Å²) in [5.41, 5.74) is -0.472. The first-order valence-electron chi connectivity index (χ1n) is 5.96. The Morgan fingerprint density at radius 3 is 2.73 bits per heavy atom. The molecule has 0 spiro atoms. The average molecular weight is 212 g/mol. The van der Waals surface area contributed by atoms with Gasteiger partial charge in [-0.3, -0.25) is 4.79 Å². The van der Waals surface area contributed by atoms with E-state index in [1.54, 1.807) is 0 Å². The molecule has 0 bridgehead atoms. The fourth-order valence-electron chi connectivity index (χ4n) is 3.25. The molecule has 1 N–H and O–H groups in total. The second-order valence-corrected chi connectivity index (χ2v) is 5.22. The molecule has 3 nitrogen and oxygen atoms in total. The topological polar surface area (TPSA) is 46.5 Å². The number of ether oxygens (including phenoxy) is 1. The van der Waals surface area contributed by atoms with Gasteiger partial charge in [0.05, 0.1) is 12.0 Å². The maximum Gasteiger partial charge on any atom is 0.310 e. The molecular formula is C12H20O3. The van der Waals surface area contributed by atoms with Gasteiger partial charge in [-0.1, -0.05) is 6.92 Å². The van der Waals surface area contributed by atoms with Crippen LogP contribution in [0.5, 0.6) is 0 Å². The summed E-state index contributed by atoms with van der Waals surface area (Å²) >= 11 is 0. The lowest BCUT2D eigenvalue weighted by Gasteiger charge is -2.36. The molecule has 1 aliphatic carbocycles. The SMILES string of the molecule is CC1CCC(C(=O)O)(C2CCCOC2)C1. The van der Waals surface area contributed by atoms with E-state index >= 15 is 0 Å². The Morgan fingerprint density at radius 2 is 2.27 bits per heavy atom. The Morgan fingerprint density at radius 1 is 1.47 bits per heavy atom. The summed E-state index contributed by atoms with van der Waals surface area (Å²) in [5, 5.41) is 9.48. The summed E-state index contributed by atoms with van der Waals surface area (Å²) in [4.78, 5) is 11.5. The number of rotatable bonds is 2. The molecule has 2 aliphatic rings. The molecule has 2 fully saturated rings. The first-order chi connectivity index (χ1) is 7.15. The Labute approximate surface area is 90.8 Å². The molecule has 2 rings (SSSR count). The van der Waals surface area contributed by atoms with E-state index in [2.05, 4.69) is 6.92 Å². The third-order valence-corrected chi connectivity index (χ3v) is 4.16. The van der Waals surface area contributed by atoms with Gasteiger partial charge >= 0.3 is 5.97 Å². The van der Waals surface area contributed by atoms with Gasteiger partial charge in [0.25, 0.3) is 0 Å². The van der Waals surface area contributed by atoms with Crippen LogP contribution in [-0.2, 0) is 9.53 Å². The van der Waals surface area contributed by atoms with E-state index in [9.17, 15) is 9.90 Å². The summed E-state index contributed by atoms with van der Waals surface area (Å²) in [7, 11) is 0. The minimum atomic E-state index is -0.595. The zero-order valence-electron chi connectivity index (χ0n) is 9.37. The van der Waals surface area contributed by atoms with Crippen LogP contribution in [0.2, 0.25) is 0 Å². The van der Waals surface area contributed by atoms with Crippen LogP contribution in [0.3, 0.4) is 0 Å².